The zero-order valence-electron chi connectivity index (χ0n) is 21.5. The Morgan fingerprint density at radius 2 is 1.58 bits per heavy atom. The Bertz CT molecular complexity index is 1370. The van der Waals surface area contributed by atoms with E-state index in [1.165, 1.54) is 24.1 Å². The number of hydrogen-bond acceptors (Lipinski definition) is 4. The van der Waals surface area contributed by atoms with Gasteiger partial charge in [-0.15, -0.1) is 0 Å². The molecule has 0 aromatic heterocycles. The lowest BCUT2D eigenvalue weighted by atomic mass is 10.0. The molecule has 1 unspecified atom stereocenters. The van der Waals surface area contributed by atoms with Crippen molar-refractivity contribution in [2.45, 2.75) is 37.8 Å². The first-order valence-corrected chi connectivity index (χ1v) is 14.3. The van der Waals surface area contributed by atoms with Crippen LogP contribution in [0.1, 0.15) is 23.6 Å². The van der Waals surface area contributed by atoms with Crippen molar-refractivity contribution in [3.05, 3.63) is 99.5 Å². The minimum Gasteiger partial charge on any atom is -0.355 e. The summed E-state index contributed by atoms with van der Waals surface area (Å²) in [5, 5.41) is 3.49. The van der Waals surface area contributed by atoms with Crippen molar-refractivity contribution < 1.29 is 18.0 Å². The zero-order valence-corrected chi connectivity index (χ0v) is 23.9. The zero-order chi connectivity index (χ0) is 27.9. The van der Waals surface area contributed by atoms with Crippen LogP contribution < -0.4 is 5.32 Å². The lowest BCUT2D eigenvalue weighted by Gasteiger charge is -2.32. The van der Waals surface area contributed by atoms with Gasteiger partial charge in [-0.2, -0.15) is 4.31 Å². The van der Waals surface area contributed by atoms with Crippen molar-refractivity contribution in [1.82, 2.24) is 14.5 Å². The van der Waals surface area contributed by atoms with E-state index in [1.807, 2.05) is 37.3 Å². The standard InChI is InChI=1S/C28H31Cl2N3O4S/c1-4-31-28(35)26(17-21-8-6-5-7-9-21)33(18-22-12-15-24(29)25(30)16-22)27(34)19-32(3)38(36,37)23-13-10-20(2)11-14-23/h5-16,26H,4,17-19H2,1-3H3,(H,31,35). The molecule has 0 aliphatic rings. The molecule has 0 spiro atoms. The number of carbonyl (C=O) groups excluding carboxylic acids is 2. The Balaban J connectivity index is 1.97. The SMILES string of the molecule is CCNC(=O)C(Cc1ccccc1)N(Cc1ccc(Cl)c(Cl)c1)C(=O)CN(C)S(=O)(=O)c1ccc(C)cc1. The van der Waals surface area contributed by atoms with Crippen molar-refractivity contribution >= 4 is 45.0 Å². The third-order valence-corrected chi connectivity index (χ3v) is 8.60. The predicted octanol–water partition coefficient (Wildman–Crippen LogP) is 4.70. The molecular formula is C28H31Cl2N3O4S. The van der Waals surface area contributed by atoms with Gasteiger partial charge in [-0.3, -0.25) is 9.59 Å². The summed E-state index contributed by atoms with van der Waals surface area (Å²) in [6.45, 7) is 3.61. The maximum atomic E-state index is 13.8. The first-order valence-electron chi connectivity index (χ1n) is 12.1. The molecule has 10 heteroatoms. The number of nitrogens with zero attached hydrogens (tertiary/aromatic N) is 2. The number of aryl methyl sites for hydroxylation is 1. The molecule has 3 rings (SSSR count). The summed E-state index contributed by atoms with van der Waals surface area (Å²) in [5.74, 6) is -0.866. The fourth-order valence-electron chi connectivity index (χ4n) is 3.94. The molecule has 3 aromatic carbocycles. The van der Waals surface area contributed by atoms with Gasteiger partial charge < -0.3 is 10.2 Å². The summed E-state index contributed by atoms with van der Waals surface area (Å²) in [5.41, 5.74) is 2.43. The second-order valence-electron chi connectivity index (χ2n) is 8.94. The highest BCUT2D eigenvalue weighted by molar-refractivity contribution is 7.89. The molecule has 0 aliphatic carbocycles. The average molecular weight is 577 g/mol. The van der Waals surface area contributed by atoms with Gasteiger partial charge >= 0.3 is 0 Å². The van der Waals surface area contributed by atoms with Gasteiger partial charge in [0.25, 0.3) is 0 Å². The molecule has 0 saturated carbocycles. The van der Waals surface area contributed by atoms with Crippen molar-refractivity contribution in [2.75, 3.05) is 20.1 Å². The Kier molecular flexibility index (Phi) is 10.3. The second kappa shape index (κ2) is 13.2. The number of sulfonamides is 1. The molecule has 7 nitrogen and oxygen atoms in total. The van der Waals surface area contributed by atoms with Gasteiger partial charge in [-0.05, 0) is 49.2 Å². The lowest BCUT2D eigenvalue weighted by molar-refractivity contribution is -0.141. The summed E-state index contributed by atoms with van der Waals surface area (Å²) in [4.78, 5) is 28.5. The van der Waals surface area contributed by atoms with E-state index < -0.39 is 28.5 Å². The van der Waals surface area contributed by atoms with E-state index in [0.29, 0.717) is 22.2 Å². The Morgan fingerprint density at radius 3 is 2.18 bits per heavy atom. The number of rotatable bonds is 11. The molecule has 202 valence electrons. The van der Waals surface area contributed by atoms with E-state index in [4.69, 9.17) is 23.2 Å². The number of amides is 2. The van der Waals surface area contributed by atoms with E-state index in [2.05, 4.69) is 5.32 Å². The van der Waals surface area contributed by atoms with Crippen LogP contribution in [-0.2, 0) is 32.6 Å². The highest BCUT2D eigenvalue weighted by atomic mass is 35.5. The molecular weight excluding hydrogens is 545 g/mol. The van der Waals surface area contributed by atoms with Crippen LogP contribution in [0.25, 0.3) is 0 Å². The monoisotopic (exact) mass is 575 g/mol. The predicted molar refractivity (Wildman–Crippen MR) is 151 cm³/mol. The van der Waals surface area contributed by atoms with Crippen LogP contribution in [-0.4, -0.2) is 55.6 Å². The van der Waals surface area contributed by atoms with Gasteiger partial charge in [0.05, 0.1) is 21.5 Å². The maximum absolute atomic E-state index is 13.8. The van der Waals surface area contributed by atoms with E-state index in [9.17, 15) is 18.0 Å². The minimum absolute atomic E-state index is 0.0305. The number of benzene rings is 3. The molecule has 1 N–H and O–H groups in total. The molecule has 0 heterocycles. The van der Waals surface area contributed by atoms with Crippen molar-refractivity contribution in [2.24, 2.45) is 0 Å². The molecule has 0 fully saturated rings. The normalized spacial score (nSPS) is 12.3. The largest absolute Gasteiger partial charge is 0.355 e. The molecule has 0 saturated heterocycles. The number of likely N-dealkylation sites (N-methyl/N-ethyl adjacent to an activating group) is 2. The van der Waals surface area contributed by atoms with Crippen LogP contribution in [0.5, 0.6) is 0 Å². The highest BCUT2D eigenvalue weighted by Gasteiger charge is 2.33. The van der Waals surface area contributed by atoms with Gasteiger partial charge in [0.1, 0.15) is 6.04 Å². The second-order valence-corrected chi connectivity index (χ2v) is 11.8. The summed E-state index contributed by atoms with van der Waals surface area (Å²) in [6.07, 6.45) is 0.244. The Morgan fingerprint density at radius 1 is 0.921 bits per heavy atom. The third-order valence-electron chi connectivity index (χ3n) is 6.05. The van der Waals surface area contributed by atoms with Crippen molar-refractivity contribution in [3.63, 3.8) is 0 Å². The van der Waals surface area contributed by atoms with Crippen LogP contribution >= 0.6 is 23.2 Å². The summed E-state index contributed by atoms with van der Waals surface area (Å²) < 4.78 is 27.4. The van der Waals surface area contributed by atoms with Crippen molar-refractivity contribution in [3.8, 4) is 0 Å². The molecule has 0 bridgehead atoms. The molecule has 1 atom stereocenters. The van der Waals surface area contributed by atoms with Crippen LogP contribution in [0.4, 0.5) is 0 Å². The van der Waals surface area contributed by atoms with Gasteiger partial charge in [-0.1, -0.05) is 77.3 Å². The van der Waals surface area contributed by atoms with E-state index in [-0.39, 0.29) is 23.8 Å². The highest BCUT2D eigenvalue weighted by Crippen LogP contribution is 2.25. The first kappa shape index (κ1) is 29.6. The van der Waals surface area contributed by atoms with Gasteiger partial charge in [-0.25, -0.2) is 8.42 Å². The van der Waals surface area contributed by atoms with Crippen molar-refractivity contribution in [1.29, 1.82) is 0 Å². The van der Waals surface area contributed by atoms with Gasteiger partial charge in [0, 0.05) is 26.6 Å². The quantitative estimate of drug-likeness (QED) is 0.359. The smallest absolute Gasteiger partial charge is 0.243 e. The average Bonchev–Trinajstić information content (AvgIpc) is 2.89. The number of nitrogens with one attached hydrogen (secondary N) is 1. The summed E-state index contributed by atoms with van der Waals surface area (Å²) >= 11 is 12.3. The Labute approximate surface area is 234 Å². The molecule has 3 aromatic rings. The van der Waals surface area contributed by atoms with Crippen LogP contribution in [0.3, 0.4) is 0 Å². The minimum atomic E-state index is -3.94. The molecule has 38 heavy (non-hydrogen) atoms. The van der Waals surface area contributed by atoms with E-state index in [1.54, 1.807) is 37.3 Å². The lowest BCUT2D eigenvalue weighted by Crippen LogP contribution is -2.53. The van der Waals surface area contributed by atoms with Gasteiger partial charge in [0.2, 0.25) is 21.8 Å². The van der Waals surface area contributed by atoms with E-state index in [0.717, 1.165) is 15.4 Å². The maximum Gasteiger partial charge on any atom is 0.243 e. The topological polar surface area (TPSA) is 86.8 Å². The third kappa shape index (κ3) is 7.57. The molecule has 2 amide bonds. The van der Waals surface area contributed by atoms with Gasteiger partial charge in [0.15, 0.2) is 0 Å². The van der Waals surface area contributed by atoms with E-state index >= 15 is 0 Å². The number of halogens is 2. The number of carbonyl (C=O) groups is 2. The van der Waals surface area contributed by atoms with Crippen LogP contribution in [0, 0.1) is 6.92 Å². The van der Waals surface area contributed by atoms with Crippen LogP contribution in [0.2, 0.25) is 10.0 Å². The Hall–Kier alpha value is -2.91. The molecule has 0 radical (unpaired) electrons. The summed E-state index contributed by atoms with van der Waals surface area (Å²) in [7, 11) is -2.59. The fraction of sp³-hybridized carbons (Fsp3) is 0.286. The fourth-order valence-corrected chi connectivity index (χ4v) is 5.38. The summed E-state index contributed by atoms with van der Waals surface area (Å²) in [6, 6.07) is 19.8. The number of hydrogen-bond donors (Lipinski definition) is 1. The van der Waals surface area contributed by atoms with Crippen LogP contribution in [0.15, 0.2) is 77.7 Å². The molecule has 0 aliphatic heterocycles. The first-order chi connectivity index (χ1) is 18.0.